The number of amides is 7. The maximum atomic E-state index is 14.2. The van der Waals surface area contributed by atoms with E-state index in [-0.39, 0.29) is 66.1 Å². The van der Waals surface area contributed by atoms with Crippen LogP contribution in [-0.4, -0.2) is 162 Å². The molecule has 0 aromatic carbocycles. The highest BCUT2D eigenvalue weighted by Crippen LogP contribution is 2.28. The fraction of sp³-hybridized carbons (Fsp3) is 0.565. The summed E-state index contributed by atoms with van der Waals surface area (Å²) >= 11 is 2.62. The molecule has 7 amide bonds. The van der Waals surface area contributed by atoms with Gasteiger partial charge in [0, 0.05) is 48.8 Å². The first-order valence-electron chi connectivity index (χ1n) is 24.8. The molecule has 1 aliphatic rings. The first kappa shape index (κ1) is 60.2. The van der Waals surface area contributed by atoms with Crippen molar-refractivity contribution in [2.45, 2.75) is 120 Å². The molecule has 21 N–H and O–H groups in total. The van der Waals surface area contributed by atoms with Crippen molar-refractivity contribution in [2.75, 3.05) is 45.0 Å². The van der Waals surface area contributed by atoms with E-state index >= 15 is 0 Å². The van der Waals surface area contributed by atoms with E-state index in [0.717, 1.165) is 32.4 Å². The van der Waals surface area contributed by atoms with Crippen molar-refractivity contribution >= 4 is 69.8 Å². The van der Waals surface area contributed by atoms with E-state index in [1.807, 2.05) is 0 Å². The number of hydrogen-bond donors (Lipinski definition) is 16. The average Bonchev–Trinajstić information content (AvgIpc) is 4.19. The summed E-state index contributed by atoms with van der Waals surface area (Å²) in [5, 5.41) is 58.0. The van der Waals surface area contributed by atoms with Gasteiger partial charge in [-0.2, -0.15) is 0 Å². The van der Waals surface area contributed by atoms with Crippen molar-refractivity contribution < 1.29 is 48.9 Å². The molecule has 0 unspecified atom stereocenters. The second-order valence-corrected chi connectivity index (χ2v) is 20.1. The highest BCUT2D eigenvalue weighted by molar-refractivity contribution is 7.14. The lowest BCUT2D eigenvalue weighted by Gasteiger charge is -2.31. The van der Waals surface area contributed by atoms with E-state index in [0.29, 0.717) is 48.1 Å². The highest BCUT2D eigenvalue weighted by Gasteiger charge is 2.40. The van der Waals surface area contributed by atoms with E-state index in [4.69, 9.17) is 28.7 Å². The summed E-state index contributed by atoms with van der Waals surface area (Å²) in [6.07, 6.45) is 1.59. The molecule has 1 aliphatic carbocycles. The van der Waals surface area contributed by atoms with Gasteiger partial charge in [-0.25, -0.2) is 24.9 Å². The second kappa shape index (κ2) is 29.6. The molecule has 1 fully saturated rings. The standard InChI is InChI=1S/C46H70N18O10S2/c1-22-33(61-40(64-38(22)50)27(16-31(49)66)56-17-25(48)39(51)69)44(73)63-35(37(68)28-18-53-21-57-28)45(74)59-26-9-4-3-8-24(36(26)67)41(70)62-34(23(2)65)43(72)55-15-10-32-58-30(20-75-32)46-60-29(19-76-46)42(71)54-14-7-13-52-12-6-5-11-47/h18-21,23-27,34-37,52,56,65,67-68H,3-17,47-48H2,1-2H3,(H2,49,66)(H2,51,69)(H,53,57)(H,54,71)(H,55,72)(H,59,74)(H,62,70)(H,63,73)(H2,50,61,64)/t23-,24-,25+,26-,27+,34+,35+,36-,37+/m1/s1. The van der Waals surface area contributed by atoms with Crippen molar-refractivity contribution in [3.63, 3.8) is 0 Å². The van der Waals surface area contributed by atoms with Crippen LogP contribution in [0.1, 0.15) is 114 Å². The smallest absolute Gasteiger partial charge is 0.271 e. The number of unbranched alkanes of at least 4 members (excludes halogenated alkanes) is 1. The predicted octanol–water partition coefficient (Wildman–Crippen LogP) is -3.47. The van der Waals surface area contributed by atoms with Gasteiger partial charge in [0.25, 0.3) is 11.8 Å². The van der Waals surface area contributed by atoms with Gasteiger partial charge in [-0.1, -0.05) is 12.8 Å². The maximum absolute atomic E-state index is 14.2. The van der Waals surface area contributed by atoms with Crippen molar-refractivity contribution in [3.05, 3.63) is 56.8 Å². The Morgan fingerprint density at radius 2 is 1.62 bits per heavy atom. The van der Waals surface area contributed by atoms with Crippen LogP contribution in [0.2, 0.25) is 0 Å². The van der Waals surface area contributed by atoms with Gasteiger partial charge < -0.3 is 86.2 Å². The summed E-state index contributed by atoms with van der Waals surface area (Å²) in [5.41, 5.74) is 28.7. The van der Waals surface area contributed by atoms with Crippen LogP contribution in [0.25, 0.3) is 10.7 Å². The van der Waals surface area contributed by atoms with Crippen LogP contribution in [0, 0.1) is 12.8 Å². The summed E-state index contributed by atoms with van der Waals surface area (Å²) < 4.78 is 0. The normalized spacial score (nSPS) is 18.0. The van der Waals surface area contributed by atoms with Crippen LogP contribution in [0.5, 0.6) is 0 Å². The maximum Gasteiger partial charge on any atom is 0.271 e. The third kappa shape index (κ3) is 17.5. The van der Waals surface area contributed by atoms with Crippen molar-refractivity contribution in [2.24, 2.45) is 28.9 Å². The molecule has 4 heterocycles. The number of nitrogens with one attached hydrogen (secondary N) is 8. The van der Waals surface area contributed by atoms with E-state index in [1.54, 1.807) is 10.8 Å². The van der Waals surface area contributed by atoms with Crippen LogP contribution in [-0.2, 0) is 30.4 Å². The third-order valence-corrected chi connectivity index (χ3v) is 14.2. The number of nitrogen functional groups attached to an aromatic ring is 1. The van der Waals surface area contributed by atoms with Gasteiger partial charge >= 0.3 is 0 Å². The van der Waals surface area contributed by atoms with Crippen molar-refractivity contribution in [3.8, 4) is 10.7 Å². The summed E-state index contributed by atoms with van der Waals surface area (Å²) in [6.45, 7) is 5.41. The number of hydrogen-bond acceptors (Lipinski definition) is 22. The largest absolute Gasteiger partial charge is 0.391 e. The van der Waals surface area contributed by atoms with Crippen LogP contribution >= 0.6 is 22.7 Å². The van der Waals surface area contributed by atoms with Crippen LogP contribution in [0.15, 0.2) is 23.3 Å². The molecule has 0 aliphatic heterocycles. The summed E-state index contributed by atoms with van der Waals surface area (Å²) in [6, 6.07) is -6.61. The first-order chi connectivity index (χ1) is 36.3. The van der Waals surface area contributed by atoms with E-state index < -0.39 is 96.3 Å². The Labute approximate surface area is 445 Å². The molecule has 0 radical (unpaired) electrons. The Balaban J connectivity index is 1.19. The van der Waals surface area contributed by atoms with Gasteiger partial charge in [0.05, 0.1) is 59.5 Å². The van der Waals surface area contributed by atoms with Crippen molar-refractivity contribution in [1.82, 2.24) is 67.1 Å². The number of aromatic nitrogens is 6. The molecule has 416 valence electrons. The van der Waals surface area contributed by atoms with Gasteiger partial charge in [-0.3, -0.25) is 33.6 Å². The Hall–Kier alpha value is -6.64. The quantitative estimate of drug-likeness (QED) is 0.0178. The molecule has 4 aromatic heterocycles. The number of imidazole rings is 1. The average molecular weight is 1100 g/mol. The first-order valence-corrected chi connectivity index (χ1v) is 26.6. The molecule has 0 spiro atoms. The monoisotopic (exact) mass is 1100 g/mol. The lowest BCUT2D eigenvalue weighted by atomic mass is 9.92. The van der Waals surface area contributed by atoms with Gasteiger partial charge in [0.2, 0.25) is 29.5 Å². The predicted molar refractivity (Wildman–Crippen MR) is 279 cm³/mol. The minimum atomic E-state index is -1.79. The zero-order valence-electron chi connectivity index (χ0n) is 42.3. The molecule has 76 heavy (non-hydrogen) atoms. The van der Waals surface area contributed by atoms with Crippen LogP contribution < -0.4 is 65.9 Å². The zero-order valence-corrected chi connectivity index (χ0v) is 43.9. The Kier molecular flexibility index (Phi) is 23.5. The molecule has 9 atom stereocenters. The fourth-order valence-electron chi connectivity index (χ4n) is 8.04. The molecular weight excluding hydrogens is 1030 g/mol. The number of aliphatic hydroxyl groups is 3. The topological polar surface area (TPSA) is 475 Å². The summed E-state index contributed by atoms with van der Waals surface area (Å²) in [4.78, 5) is 116. The zero-order chi connectivity index (χ0) is 55.5. The molecule has 0 saturated heterocycles. The number of aromatic amines is 1. The Bertz CT molecular complexity index is 2580. The number of nitrogens with zero attached hydrogens (tertiary/aromatic N) is 5. The molecule has 30 heteroatoms. The summed E-state index contributed by atoms with van der Waals surface area (Å²) in [5.74, 6) is -6.96. The van der Waals surface area contributed by atoms with Gasteiger partial charge in [0.15, 0.2) is 0 Å². The summed E-state index contributed by atoms with van der Waals surface area (Å²) in [7, 11) is 0. The van der Waals surface area contributed by atoms with E-state index in [1.165, 1.54) is 49.0 Å². The number of anilines is 1. The third-order valence-electron chi connectivity index (χ3n) is 12.4. The van der Waals surface area contributed by atoms with Gasteiger partial charge in [0.1, 0.15) is 51.9 Å². The number of nitrogens with two attached hydrogens (primary N) is 5. The Morgan fingerprint density at radius 3 is 2.32 bits per heavy atom. The van der Waals surface area contributed by atoms with Crippen molar-refractivity contribution in [1.29, 1.82) is 0 Å². The van der Waals surface area contributed by atoms with E-state index in [2.05, 4.69) is 67.1 Å². The molecule has 0 bridgehead atoms. The number of carbonyl (C=O) groups excluding carboxylic acids is 7. The number of carbonyl (C=O) groups is 7. The molecular formula is C46H70N18O10S2. The number of H-pyrrole nitrogens is 1. The second-order valence-electron chi connectivity index (χ2n) is 18.3. The van der Waals surface area contributed by atoms with E-state index in [9.17, 15) is 48.9 Å². The SMILES string of the molecule is Cc1c(N)nc([C@H](CC(N)=O)NC[C@H](N)C(N)=O)nc1C(=O)N[C@H](C(=O)N[C@@H]1CCCC[C@@H](C(=O)N[C@H](C(=O)NCCc2nc(-c3nc(C(=O)NCCCNCCCCN)cs3)cs2)[C@@H](C)O)[C@H]1O)[C@@H](O)c1cnc[nH]1. The number of primary amides is 2. The lowest BCUT2D eigenvalue weighted by Crippen LogP contribution is -2.58. The Morgan fingerprint density at radius 1 is 0.868 bits per heavy atom. The number of rotatable bonds is 30. The van der Waals surface area contributed by atoms with Gasteiger partial charge in [-0.15, -0.1) is 22.7 Å². The van der Waals surface area contributed by atoms with Crippen LogP contribution in [0.3, 0.4) is 0 Å². The minimum Gasteiger partial charge on any atom is -0.391 e. The molecule has 5 rings (SSSR count). The number of thiazole rings is 2. The number of aliphatic hydroxyl groups excluding tert-OH is 3. The molecule has 4 aromatic rings. The highest BCUT2D eigenvalue weighted by atomic mass is 32.1. The molecule has 1 saturated carbocycles. The minimum absolute atomic E-state index is 0.0194. The lowest BCUT2D eigenvalue weighted by molar-refractivity contribution is -0.137. The fourth-order valence-corrected chi connectivity index (χ4v) is 9.66. The molecule has 28 nitrogen and oxygen atoms in total. The van der Waals surface area contributed by atoms with Crippen LogP contribution in [0.4, 0.5) is 5.82 Å². The van der Waals surface area contributed by atoms with Gasteiger partial charge in [-0.05, 0) is 65.6 Å².